The second-order valence-corrected chi connectivity index (χ2v) is 5.98. The molecule has 1 unspecified atom stereocenters. The average Bonchev–Trinajstić information content (AvgIpc) is 2.89. The molecule has 1 atom stereocenters. The van der Waals surface area contributed by atoms with Crippen LogP contribution in [0.15, 0.2) is 17.5 Å². The minimum Gasteiger partial charge on any atom is -0.481 e. The van der Waals surface area contributed by atoms with E-state index in [0.717, 1.165) is 6.42 Å². The normalized spacial score (nSPS) is 11.9. The largest absolute Gasteiger partial charge is 0.481 e. The van der Waals surface area contributed by atoms with Gasteiger partial charge in [0.05, 0.1) is 0 Å². The van der Waals surface area contributed by atoms with Gasteiger partial charge in [-0.1, -0.05) is 6.07 Å². The van der Waals surface area contributed by atoms with Gasteiger partial charge in [-0.05, 0) is 24.8 Å². The van der Waals surface area contributed by atoms with Crippen LogP contribution in [-0.4, -0.2) is 53.6 Å². The first-order chi connectivity index (χ1) is 9.41. The maximum Gasteiger partial charge on any atom is 0.319 e. The molecule has 0 spiro atoms. The van der Waals surface area contributed by atoms with Crippen molar-refractivity contribution < 1.29 is 14.7 Å². The lowest BCUT2D eigenvalue weighted by Crippen LogP contribution is -2.44. The van der Waals surface area contributed by atoms with E-state index in [4.69, 9.17) is 5.11 Å². The third-order valence-electron chi connectivity index (χ3n) is 3.25. The topological polar surface area (TPSA) is 60.9 Å². The van der Waals surface area contributed by atoms with Gasteiger partial charge in [0, 0.05) is 44.4 Å². The Labute approximate surface area is 123 Å². The summed E-state index contributed by atoms with van der Waals surface area (Å²) in [5.41, 5.74) is 0. The van der Waals surface area contributed by atoms with Crippen molar-refractivity contribution in [2.45, 2.75) is 32.2 Å². The van der Waals surface area contributed by atoms with E-state index in [9.17, 15) is 9.59 Å². The van der Waals surface area contributed by atoms with Crippen molar-refractivity contribution in [2.75, 3.05) is 20.6 Å². The molecule has 0 fully saturated rings. The summed E-state index contributed by atoms with van der Waals surface area (Å²) in [6.07, 6.45) is 1.40. The van der Waals surface area contributed by atoms with Crippen molar-refractivity contribution in [1.82, 2.24) is 9.80 Å². The number of amides is 2. The zero-order chi connectivity index (χ0) is 15.1. The fourth-order valence-corrected chi connectivity index (χ4v) is 2.70. The van der Waals surface area contributed by atoms with Crippen LogP contribution in [0.3, 0.4) is 0 Å². The number of carbonyl (C=O) groups is 2. The van der Waals surface area contributed by atoms with Crippen molar-refractivity contribution >= 4 is 23.3 Å². The lowest BCUT2D eigenvalue weighted by Gasteiger charge is -2.29. The van der Waals surface area contributed by atoms with Crippen molar-refractivity contribution in [1.29, 1.82) is 0 Å². The number of aliphatic carboxylic acids is 1. The lowest BCUT2D eigenvalue weighted by atomic mass is 10.2. The van der Waals surface area contributed by atoms with Gasteiger partial charge in [0.1, 0.15) is 0 Å². The summed E-state index contributed by atoms with van der Waals surface area (Å²) in [6, 6.07) is 4.12. The number of hydrogen-bond acceptors (Lipinski definition) is 3. The van der Waals surface area contributed by atoms with E-state index in [1.54, 1.807) is 35.2 Å². The van der Waals surface area contributed by atoms with E-state index in [1.807, 2.05) is 18.4 Å². The number of urea groups is 1. The highest BCUT2D eigenvalue weighted by atomic mass is 32.1. The molecule has 5 nitrogen and oxygen atoms in total. The fourth-order valence-electron chi connectivity index (χ4n) is 1.88. The molecule has 0 aliphatic heterocycles. The van der Waals surface area contributed by atoms with Gasteiger partial charge in [-0.25, -0.2) is 4.79 Å². The minimum absolute atomic E-state index is 0.0700. The molecule has 0 aromatic carbocycles. The molecule has 2 amide bonds. The molecule has 1 aromatic rings. The highest BCUT2D eigenvalue weighted by Crippen LogP contribution is 2.14. The Morgan fingerprint density at radius 3 is 2.65 bits per heavy atom. The monoisotopic (exact) mass is 298 g/mol. The zero-order valence-corrected chi connectivity index (χ0v) is 13.0. The third kappa shape index (κ3) is 5.21. The Balaban J connectivity index is 2.42. The van der Waals surface area contributed by atoms with Crippen LogP contribution >= 0.6 is 11.3 Å². The van der Waals surface area contributed by atoms with Crippen molar-refractivity contribution in [2.24, 2.45) is 0 Å². The van der Waals surface area contributed by atoms with E-state index in [2.05, 4.69) is 6.07 Å². The summed E-state index contributed by atoms with van der Waals surface area (Å²) in [5.74, 6) is -0.828. The molecule has 6 heteroatoms. The number of carboxylic acid groups (broad SMARTS) is 1. The van der Waals surface area contributed by atoms with E-state index in [1.165, 1.54) is 4.88 Å². The van der Waals surface area contributed by atoms with Gasteiger partial charge in [0.2, 0.25) is 0 Å². The first-order valence-corrected chi connectivity index (χ1v) is 7.52. The molecule has 0 saturated heterocycles. The first kappa shape index (κ1) is 16.5. The van der Waals surface area contributed by atoms with E-state index in [0.29, 0.717) is 13.0 Å². The van der Waals surface area contributed by atoms with Gasteiger partial charge in [0.25, 0.3) is 0 Å². The molecule has 1 rings (SSSR count). The van der Waals surface area contributed by atoms with E-state index in [-0.39, 0.29) is 18.5 Å². The first-order valence-electron chi connectivity index (χ1n) is 6.64. The quantitative estimate of drug-likeness (QED) is 0.841. The predicted octanol–water partition coefficient (Wildman–Crippen LogP) is 2.53. The molecular formula is C14H22N2O3S. The SMILES string of the molecule is CC(Cc1cccs1)N(C)C(=O)N(C)CCCC(=O)O. The molecule has 20 heavy (non-hydrogen) atoms. The molecule has 0 radical (unpaired) electrons. The zero-order valence-electron chi connectivity index (χ0n) is 12.2. The molecule has 0 aliphatic carbocycles. The van der Waals surface area contributed by atoms with Gasteiger partial charge in [0.15, 0.2) is 0 Å². The van der Waals surface area contributed by atoms with Crippen molar-refractivity contribution in [3.8, 4) is 0 Å². The molecule has 0 aliphatic rings. The number of hydrogen-bond donors (Lipinski definition) is 1. The second-order valence-electron chi connectivity index (χ2n) is 4.94. The molecule has 1 aromatic heterocycles. The molecule has 0 bridgehead atoms. The Kier molecular flexibility index (Phi) is 6.51. The second kappa shape index (κ2) is 7.89. The van der Waals surface area contributed by atoms with Crippen LogP contribution in [0.5, 0.6) is 0 Å². The number of nitrogens with zero attached hydrogens (tertiary/aromatic N) is 2. The van der Waals surface area contributed by atoms with Gasteiger partial charge in [-0.2, -0.15) is 0 Å². The number of carboxylic acids is 1. The smallest absolute Gasteiger partial charge is 0.319 e. The van der Waals surface area contributed by atoms with Gasteiger partial charge >= 0.3 is 12.0 Å². The van der Waals surface area contributed by atoms with E-state index < -0.39 is 5.97 Å². The molecule has 112 valence electrons. The number of thiophene rings is 1. The van der Waals surface area contributed by atoms with Crippen molar-refractivity contribution in [3.05, 3.63) is 22.4 Å². The maximum atomic E-state index is 12.2. The molecule has 1 N–H and O–H groups in total. The molecule has 1 heterocycles. The molecule has 0 saturated carbocycles. The molecular weight excluding hydrogens is 276 g/mol. The summed E-state index contributed by atoms with van der Waals surface area (Å²) in [5, 5.41) is 10.6. The predicted molar refractivity (Wildman–Crippen MR) is 80.1 cm³/mol. The highest BCUT2D eigenvalue weighted by Gasteiger charge is 2.19. The summed E-state index contributed by atoms with van der Waals surface area (Å²) in [7, 11) is 3.49. The van der Waals surface area contributed by atoms with Crippen LogP contribution < -0.4 is 0 Å². The number of rotatable bonds is 7. The summed E-state index contributed by atoms with van der Waals surface area (Å²) in [6.45, 7) is 2.48. The maximum absolute atomic E-state index is 12.2. The minimum atomic E-state index is -0.828. The van der Waals surface area contributed by atoms with Gasteiger partial charge < -0.3 is 14.9 Å². The summed E-state index contributed by atoms with van der Waals surface area (Å²) in [4.78, 5) is 27.2. The standard InChI is InChI=1S/C14H22N2O3S/c1-11(10-12-6-5-9-20-12)16(3)14(19)15(2)8-4-7-13(17)18/h5-6,9,11H,4,7-8,10H2,1-3H3,(H,17,18). The van der Waals surface area contributed by atoms with Crippen LogP contribution in [0.1, 0.15) is 24.6 Å². The van der Waals surface area contributed by atoms with Crippen LogP contribution in [-0.2, 0) is 11.2 Å². The van der Waals surface area contributed by atoms with E-state index >= 15 is 0 Å². The Morgan fingerprint density at radius 1 is 1.40 bits per heavy atom. The van der Waals surface area contributed by atoms with Gasteiger partial charge in [-0.15, -0.1) is 11.3 Å². The number of carbonyl (C=O) groups excluding carboxylic acids is 1. The Hall–Kier alpha value is -1.56. The Morgan fingerprint density at radius 2 is 2.10 bits per heavy atom. The van der Waals surface area contributed by atoms with Crippen LogP contribution in [0.25, 0.3) is 0 Å². The average molecular weight is 298 g/mol. The highest BCUT2D eigenvalue weighted by molar-refractivity contribution is 7.09. The third-order valence-corrected chi connectivity index (χ3v) is 4.15. The van der Waals surface area contributed by atoms with Crippen LogP contribution in [0.2, 0.25) is 0 Å². The van der Waals surface area contributed by atoms with Crippen LogP contribution in [0, 0.1) is 0 Å². The number of likely N-dealkylation sites (N-methyl/N-ethyl adjacent to an activating group) is 1. The van der Waals surface area contributed by atoms with Crippen molar-refractivity contribution in [3.63, 3.8) is 0 Å². The lowest BCUT2D eigenvalue weighted by molar-refractivity contribution is -0.137. The van der Waals surface area contributed by atoms with Gasteiger partial charge in [-0.3, -0.25) is 4.79 Å². The Bertz CT molecular complexity index is 434. The summed E-state index contributed by atoms with van der Waals surface area (Å²) < 4.78 is 0. The van der Waals surface area contributed by atoms with Crippen LogP contribution in [0.4, 0.5) is 4.79 Å². The summed E-state index contributed by atoms with van der Waals surface area (Å²) >= 11 is 1.69. The fraction of sp³-hybridized carbons (Fsp3) is 0.571.